The van der Waals surface area contributed by atoms with Gasteiger partial charge in [0.25, 0.3) is 0 Å². The van der Waals surface area contributed by atoms with Gasteiger partial charge in [-0.2, -0.15) is 4.58 Å². The minimum Gasteiger partial charge on any atom is -0.481 e. The minimum atomic E-state index is -0.737. The molecule has 0 spiro atoms. The van der Waals surface area contributed by atoms with E-state index in [1.807, 2.05) is 0 Å². The summed E-state index contributed by atoms with van der Waals surface area (Å²) >= 11 is 7.36. The molecule has 0 amide bonds. The van der Waals surface area contributed by atoms with E-state index in [9.17, 15) is 19.8 Å². The summed E-state index contributed by atoms with van der Waals surface area (Å²) in [4.78, 5) is 24.8. The molecule has 2 heterocycles. The van der Waals surface area contributed by atoms with Crippen molar-refractivity contribution < 1.29 is 24.4 Å². The molecule has 1 aliphatic carbocycles. The molecule has 0 atom stereocenters. The second-order valence-electron chi connectivity index (χ2n) is 17.0. The maximum Gasteiger partial charge on any atom is 0.303 e. The zero-order valence-corrected chi connectivity index (χ0v) is 34.7. The maximum atomic E-state index is 11.2. The Kier molecular flexibility index (Phi) is 11.9. The molecule has 296 valence electrons. The van der Waals surface area contributed by atoms with Crippen molar-refractivity contribution in [1.29, 1.82) is 0 Å². The van der Waals surface area contributed by atoms with Crippen molar-refractivity contribution >= 4 is 62.2 Å². The minimum absolute atomic E-state index is 0.205. The lowest BCUT2D eigenvalue weighted by molar-refractivity contribution is -0.438. The Balaban J connectivity index is 1.22. The van der Waals surface area contributed by atoms with E-state index in [0.29, 0.717) is 12.8 Å². The van der Waals surface area contributed by atoms with Gasteiger partial charge < -0.3 is 15.1 Å². The number of fused-ring (bicyclic) bond motifs is 6. The largest absolute Gasteiger partial charge is 0.481 e. The highest BCUT2D eigenvalue weighted by atomic mass is 35.5. The number of aliphatic carboxylic acids is 2. The number of nitrogens with zero attached hydrogens (tertiary/aromatic N) is 2. The number of hydrogen-bond acceptors (Lipinski definition) is 3. The number of benzene rings is 4. The van der Waals surface area contributed by atoms with Crippen LogP contribution in [0.3, 0.4) is 0 Å². The van der Waals surface area contributed by atoms with Gasteiger partial charge in [-0.05, 0) is 115 Å². The first-order valence-corrected chi connectivity index (χ1v) is 21.2. The maximum absolute atomic E-state index is 11.2. The molecule has 0 bridgehead atoms. The summed E-state index contributed by atoms with van der Waals surface area (Å²) in [7, 11) is 0. The van der Waals surface area contributed by atoms with Crippen molar-refractivity contribution in [2.24, 2.45) is 0 Å². The Labute approximate surface area is 342 Å². The third-order valence-electron chi connectivity index (χ3n) is 12.4. The molecule has 0 fully saturated rings. The molecule has 2 N–H and O–H groups in total. The summed E-state index contributed by atoms with van der Waals surface area (Å²) in [5.41, 5.74) is 9.40. The lowest BCUT2D eigenvalue weighted by atomic mass is 9.78. The molecule has 7 rings (SSSR count). The van der Waals surface area contributed by atoms with Crippen molar-refractivity contribution in [2.75, 3.05) is 18.0 Å². The summed E-state index contributed by atoms with van der Waals surface area (Å²) in [6, 6.07) is 26.2. The van der Waals surface area contributed by atoms with Crippen LogP contribution >= 0.6 is 11.6 Å². The normalized spacial score (nSPS) is 18.8. The molecule has 57 heavy (non-hydrogen) atoms. The first-order chi connectivity index (χ1) is 27.4. The predicted molar refractivity (Wildman–Crippen MR) is 235 cm³/mol. The molecule has 0 saturated heterocycles. The Hall–Kier alpha value is -4.94. The van der Waals surface area contributed by atoms with Gasteiger partial charge in [0.15, 0.2) is 5.71 Å². The van der Waals surface area contributed by atoms with E-state index in [0.717, 1.165) is 74.2 Å². The van der Waals surface area contributed by atoms with E-state index >= 15 is 0 Å². The van der Waals surface area contributed by atoms with Crippen LogP contribution in [0.15, 0.2) is 119 Å². The number of carboxylic acid groups (broad SMARTS) is 2. The molecule has 3 aliphatic rings. The van der Waals surface area contributed by atoms with Crippen molar-refractivity contribution in [3.63, 3.8) is 0 Å². The monoisotopic (exact) mass is 783 g/mol. The van der Waals surface area contributed by atoms with E-state index < -0.39 is 11.9 Å². The highest BCUT2D eigenvalue weighted by molar-refractivity contribution is 6.32. The van der Waals surface area contributed by atoms with Crippen molar-refractivity contribution in [3.8, 4) is 0 Å². The van der Waals surface area contributed by atoms with Crippen LogP contribution < -0.4 is 4.90 Å². The van der Waals surface area contributed by atoms with E-state index in [2.05, 4.69) is 134 Å². The fraction of sp³-hybridized carbons (Fsp3) is 0.380. The van der Waals surface area contributed by atoms with Crippen molar-refractivity contribution in [2.45, 2.75) is 109 Å². The van der Waals surface area contributed by atoms with E-state index in [1.54, 1.807) is 0 Å². The van der Waals surface area contributed by atoms with Gasteiger partial charge in [-0.1, -0.05) is 98.6 Å². The molecular formula is C50H56ClN2O4+. The summed E-state index contributed by atoms with van der Waals surface area (Å²) in [5.74, 6) is -1.47. The fourth-order valence-electron chi connectivity index (χ4n) is 9.57. The molecule has 6 nitrogen and oxygen atoms in total. The van der Waals surface area contributed by atoms with Gasteiger partial charge in [-0.15, -0.1) is 0 Å². The van der Waals surface area contributed by atoms with E-state index in [1.165, 1.54) is 55.5 Å². The quantitative estimate of drug-likeness (QED) is 0.0927. The lowest BCUT2D eigenvalue weighted by Gasteiger charge is -2.27. The van der Waals surface area contributed by atoms with Crippen LogP contribution in [0.4, 0.5) is 11.4 Å². The summed E-state index contributed by atoms with van der Waals surface area (Å²) in [6.07, 6.45) is 17.2. The number of hydrogen-bond donors (Lipinski definition) is 2. The first-order valence-electron chi connectivity index (χ1n) is 20.8. The SMILES string of the molecule is CC1(C)C(=CC=C2CCCC(C=CC3=[N+](CCCCCC(=O)O)c4ccc5ccccc5c4C3(C)C)=C2Cl)N(CCCCCC(=O)O)c2ccc3ccccc3c21. The topological polar surface area (TPSA) is 80.9 Å². The number of halogens is 1. The lowest BCUT2D eigenvalue weighted by Crippen LogP contribution is -2.28. The van der Waals surface area contributed by atoms with Crippen LogP contribution in [0.25, 0.3) is 21.5 Å². The second kappa shape index (κ2) is 16.9. The van der Waals surface area contributed by atoms with Gasteiger partial charge in [0.1, 0.15) is 6.54 Å². The van der Waals surface area contributed by atoms with Gasteiger partial charge in [-0.3, -0.25) is 9.59 Å². The van der Waals surface area contributed by atoms with Crippen LogP contribution in [-0.4, -0.2) is 45.5 Å². The number of carbonyl (C=O) groups is 2. The van der Waals surface area contributed by atoms with E-state index in [-0.39, 0.29) is 23.7 Å². The Morgan fingerprint density at radius 1 is 0.719 bits per heavy atom. The molecule has 0 radical (unpaired) electrons. The Bertz CT molecular complexity index is 2380. The molecule has 0 aromatic heterocycles. The number of carboxylic acids is 2. The third-order valence-corrected chi connectivity index (χ3v) is 12.9. The summed E-state index contributed by atoms with van der Waals surface area (Å²) in [5, 5.41) is 24.2. The molecule has 2 aliphatic heterocycles. The Morgan fingerprint density at radius 3 is 2.04 bits per heavy atom. The first kappa shape index (κ1) is 40.3. The number of unbranched alkanes of at least 4 members (excludes halogenated alkanes) is 4. The molecule has 0 unspecified atom stereocenters. The summed E-state index contributed by atoms with van der Waals surface area (Å²) < 4.78 is 2.46. The Morgan fingerprint density at radius 2 is 1.35 bits per heavy atom. The van der Waals surface area contributed by atoms with Crippen molar-refractivity contribution in [1.82, 2.24) is 0 Å². The standard InChI is InChI=1S/C50H55ClN2O4/c1-49(2)42(52(32-13-5-7-22-44(54)55)40-28-24-34-16-9-11-20-38(34)46(40)49)30-26-36-18-15-19-37(48(36)51)27-31-43-50(3,4)47-39-21-12-10-17-35(39)25-29-41(47)53(43)33-14-6-8-23-45(56)57/h9-12,16-17,20-21,24-31H,5-8,13-15,18-19,22-23,32-33H2,1-4H3,(H-,54,55,56,57)/p+1. The van der Waals surface area contributed by atoms with Crippen LogP contribution in [0.1, 0.15) is 109 Å². The molecule has 0 saturated carbocycles. The molecule has 4 aromatic rings. The van der Waals surface area contributed by atoms with Gasteiger partial charge in [0.05, 0.1) is 5.41 Å². The van der Waals surface area contributed by atoms with Crippen LogP contribution in [0, 0.1) is 0 Å². The van der Waals surface area contributed by atoms with Gasteiger partial charge in [0, 0.05) is 65.3 Å². The number of allylic oxidation sites excluding steroid dienone is 8. The molecule has 7 heteroatoms. The predicted octanol–water partition coefficient (Wildman–Crippen LogP) is 12.5. The average Bonchev–Trinajstić information content (AvgIpc) is 3.54. The zero-order chi connectivity index (χ0) is 40.3. The van der Waals surface area contributed by atoms with E-state index in [4.69, 9.17) is 11.6 Å². The van der Waals surface area contributed by atoms with Gasteiger partial charge in [0.2, 0.25) is 5.69 Å². The molecule has 4 aromatic carbocycles. The average molecular weight is 784 g/mol. The number of rotatable bonds is 15. The van der Waals surface area contributed by atoms with Crippen molar-refractivity contribution in [3.05, 3.63) is 130 Å². The van der Waals surface area contributed by atoms with Crippen LogP contribution in [0.5, 0.6) is 0 Å². The third kappa shape index (κ3) is 8.12. The zero-order valence-electron chi connectivity index (χ0n) is 33.9. The van der Waals surface area contributed by atoms with Gasteiger partial charge >= 0.3 is 11.9 Å². The van der Waals surface area contributed by atoms with Gasteiger partial charge in [-0.25, -0.2) is 0 Å². The number of anilines is 1. The van der Waals surface area contributed by atoms with Crippen LogP contribution in [0.2, 0.25) is 0 Å². The smallest absolute Gasteiger partial charge is 0.303 e. The molecular weight excluding hydrogens is 728 g/mol. The highest BCUT2D eigenvalue weighted by Gasteiger charge is 2.45. The second-order valence-corrected chi connectivity index (χ2v) is 17.4. The summed E-state index contributed by atoms with van der Waals surface area (Å²) in [6.45, 7) is 10.9. The highest BCUT2D eigenvalue weighted by Crippen LogP contribution is 2.51. The fourth-order valence-corrected chi connectivity index (χ4v) is 9.88. The van der Waals surface area contributed by atoms with Crippen LogP contribution in [-0.2, 0) is 20.4 Å².